The third kappa shape index (κ3) is 3.07. The summed E-state index contributed by atoms with van der Waals surface area (Å²) >= 11 is 0. The van der Waals surface area contributed by atoms with Crippen LogP contribution < -0.4 is 14.2 Å². The van der Waals surface area contributed by atoms with E-state index >= 15 is 0 Å². The zero-order valence-corrected chi connectivity index (χ0v) is 20.8. The largest absolute Gasteiger partial charge is 0.493 e. The van der Waals surface area contributed by atoms with Crippen molar-refractivity contribution in [1.29, 1.82) is 0 Å². The third-order valence-electron chi connectivity index (χ3n) is 7.72. The van der Waals surface area contributed by atoms with E-state index in [1.807, 2.05) is 18.2 Å². The topological polar surface area (TPSA) is 27.7 Å². The molecular weight excluding hydrogens is 456 g/mol. The van der Waals surface area contributed by atoms with Crippen molar-refractivity contribution >= 4 is 16.8 Å². The number of hydrogen-bond acceptors (Lipinski definition) is 3. The van der Waals surface area contributed by atoms with Gasteiger partial charge in [-0.1, -0.05) is 91.0 Å². The highest BCUT2D eigenvalue weighted by atomic mass is 16.5. The van der Waals surface area contributed by atoms with Crippen LogP contribution in [0.15, 0.2) is 103 Å². The highest BCUT2D eigenvalue weighted by molar-refractivity contribution is 6.08. The number of rotatable bonds is 4. The lowest BCUT2D eigenvalue weighted by atomic mass is 9.82. The van der Waals surface area contributed by atoms with E-state index in [2.05, 4.69) is 91.0 Å². The van der Waals surface area contributed by atoms with E-state index in [1.54, 1.807) is 14.2 Å². The first-order valence-corrected chi connectivity index (χ1v) is 12.6. The Morgan fingerprint density at radius 1 is 0.730 bits per heavy atom. The quantitative estimate of drug-likeness (QED) is 0.257. The summed E-state index contributed by atoms with van der Waals surface area (Å²) in [5, 5.41) is 2.19. The van der Waals surface area contributed by atoms with E-state index in [0.29, 0.717) is 5.75 Å². The Balaban J connectivity index is 1.60. The maximum absolute atomic E-state index is 7.29. The second kappa shape index (κ2) is 8.28. The number of ether oxygens (including phenoxy) is 3. The molecular formula is C34H26O3. The van der Waals surface area contributed by atoms with Gasteiger partial charge in [-0.2, -0.15) is 0 Å². The van der Waals surface area contributed by atoms with Crippen LogP contribution in [0.25, 0.3) is 28.0 Å². The lowest BCUT2D eigenvalue weighted by molar-refractivity contribution is 0.162. The summed E-state index contributed by atoms with van der Waals surface area (Å²) < 4.78 is 19.0. The molecule has 7 rings (SSSR count). The van der Waals surface area contributed by atoms with E-state index in [4.69, 9.17) is 14.2 Å². The van der Waals surface area contributed by atoms with Crippen LogP contribution in [0.4, 0.5) is 0 Å². The first-order valence-electron chi connectivity index (χ1n) is 12.6. The minimum atomic E-state index is -0.763. The number of methoxy groups -OCH3 is 2. The molecule has 1 heterocycles. The van der Waals surface area contributed by atoms with Crippen molar-refractivity contribution < 1.29 is 14.2 Å². The van der Waals surface area contributed by atoms with Crippen molar-refractivity contribution in [2.45, 2.75) is 12.0 Å². The van der Waals surface area contributed by atoms with E-state index in [1.165, 1.54) is 27.6 Å². The van der Waals surface area contributed by atoms with Crippen molar-refractivity contribution in [1.82, 2.24) is 0 Å². The Morgan fingerprint density at radius 2 is 1.41 bits per heavy atom. The van der Waals surface area contributed by atoms with Crippen molar-refractivity contribution in [3.63, 3.8) is 0 Å². The molecule has 0 radical (unpaired) electrons. The van der Waals surface area contributed by atoms with Crippen LogP contribution in [0.2, 0.25) is 0 Å². The Morgan fingerprint density at radius 3 is 2.08 bits per heavy atom. The fourth-order valence-corrected chi connectivity index (χ4v) is 6.05. The molecule has 0 bridgehead atoms. The van der Waals surface area contributed by atoms with Crippen LogP contribution >= 0.6 is 0 Å². The van der Waals surface area contributed by atoms with E-state index in [9.17, 15) is 0 Å². The maximum Gasteiger partial charge on any atom is 0.178 e. The molecule has 0 atom stereocenters. The summed E-state index contributed by atoms with van der Waals surface area (Å²) in [5.74, 6) is 2.33. The van der Waals surface area contributed by atoms with Gasteiger partial charge in [0.2, 0.25) is 0 Å². The average Bonchev–Trinajstić information content (AvgIpc) is 3.37. The Kier molecular flexibility index (Phi) is 4.87. The normalized spacial score (nSPS) is 14.4. The van der Waals surface area contributed by atoms with Gasteiger partial charge in [0, 0.05) is 27.6 Å². The molecule has 3 nitrogen and oxygen atoms in total. The van der Waals surface area contributed by atoms with Gasteiger partial charge in [0.25, 0.3) is 0 Å². The van der Waals surface area contributed by atoms with Crippen molar-refractivity contribution in [3.8, 4) is 28.4 Å². The SMILES string of the molecule is COc1ccc2c3c(c4c(c2c1OC)C=CC(c1ccccc1)(c1ccccc1)O4)-c1ccccc1C3. The molecule has 0 amide bonds. The molecule has 0 fully saturated rings. The molecule has 0 saturated heterocycles. The maximum atomic E-state index is 7.29. The molecule has 5 aromatic carbocycles. The molecule has 0 unspecified atom stereocenters. The molecule has 1 aliphatic carbocycles. The fourth-order valence-electron chi connectivity index (χ4n) is 6.05. The summed E-state index contributed by atoms with van der Waals surface area (Å²) in [6.07, 6.45) is 5.25. The van der Waals surface area contributed by atoms with E-state index in [0.717, 1.165) is 40.0 Å². The predicted octanol–water partition coefficient (Wildman–Crippen LogP) is 7.78. The first-order chi connectivity index (χ1) is 18.2. The fraction of sp³-hybridized carbons (Fsp3) is 0.118. The molecule has 0 saturated carbocycles. The van der Waals surface area contributed by atoms with Gasteiger partial charge in [-0.25, -0.2) is 0 Å². The molecule has 1 aliphatic heterocycles. The van der Waals surface area contributed by atoms with Crippen LogP contribution in [0.3, 0.4) is 0 Å². The van der Waals surface area contributed by atoms with Crippen molar-refractivity contribution in [3.05, 3.63) is 131 Å². The first kappa shape index (κ1) is 21.8. The van der Waals surface area contributed by atoms with Crippen LogP contribution in [0.1, 0.15) is 27.8 Å². The highest BCUT2D eigenvalue weighted by Gasteiger charge is 2.40. The monoisotopic (exact) mass is 482 g/mol. The Labute approximate surface area is 216 Å². The van der Waals surface area contributed by atoms with Gasteiger partial charge >= 0.3 is 0 Å². The molecule has 0 aromatic heterocycles. The number of fused-ring (bicyclic) bond motifs is 8. The summed E-state index contributed by atoms with van der Waals surface area (Å²) in [7, 11) is 3.39. The van der Waals surface area contributed by atoms with Crippen molar-refractivity contribution in [2.24, 2.45) is 0 Å². The van der Waals surface area contributed by atoms with Crippen molar-refractivity contribution in [2.75, 3.05) is 14.2 Å². The van der Waals surface area contributed by atoms with Gasteiger partial charge in [0.15, 0.2) is 17.1 Å². The zero-order valence-electron chi connectivity index (χ0n) is 20.8. The third-order valence-corrected chi connectivity index (χ3v) is 7.72. The minimum Gasteiger partial charge on any atom is -0.493 e. The van der Waals surface area contributed by atoms with Crippen LogP contribution in [-0.2, 0) is 12.0 Å². The second-order valence-electron chi connectivity index (χ2n) is 9.56. The average molecular weight is 483 g/mol. The summed E-state index contributed by atoms with van der Waals surface area (Å²) in [6, 6.07) is 33.7. The Bertz CT molecular complexity index is 1640. The summed E-state index contributed by atoms with van der Waals surface area (Å²) in [6.45, 7) is 0. The lowest BCUT2D eigenvalue weighted by Crippen LogP contribution is -2.34. The van der Waals surface area contributed by atoms with Gasteiger partial charge in [-0.05, 0) is 46.7 Å². The van der Waals surface area contributed by atoms with Gasteiger partial charge < -0.3 is 14.2 Å². The van der Waals surface area contributed by atoms with Gasteiger partial charge in [-0.3, -0.25) is 0 Å². The standard InChI is InChI=1S/C34H26O3/c1-35-29-18-17-26-28-21-22-11-9-10-16-25(22)30(28)32-27(31(26)33(29)36-2)19-20-34(37-32,23-12-5-3-6-13-23)24-14-7-4-8-15-24/h3-20H,21H2,1-2H3. The van der Waals surface area contributed by atoms with E-state index < -0.39 is 5.60 Å². The van der Waals surface area contributed by atoms with Crippen LogP contribution in [-0.4, -0.2) is 14.2 Å². The molecule has 37 heavy (non-hydrogen) atoms. The zero-order chi connectivity index (χ0) is 25.0. The lowest BCUT2D eigenvalue weighted by Gasteiger charge is -2.37. The van der Waals surface area contributed by atoms with Gasteiger partial charge in [0.05, 0.1) is 14.2 Å². The minimum absolute atomic E-state index is 0.712. The Hall–Kier alpha value is -4.50. The smallest absolute Gasteiger partial charge is 0.178 e. The summed E-state index contributed by atoms with van der Waals surface area (Å²) in [4.78, 5) is 0. The van der Waals surface area contributed by atoms with Crippen LogP contribution in [0, 0.1) is 0 Å². The number of benzene rings is 5. The predicted molar refractivity (Wildman–Crippen MR) is 149 cm³/mol. The second-order valence-corrected chi connectivity index (χ2v) is 9.56. The molecule has 180 valence electrons. The highest BCUT2D eigenvalue weighted by Crippen LogP contribution is 2.56. The van der Waals surface area contributed by atoms with Gasteiger partial charge in [0.1, 0.15) is 5.75 Å². The van der Waals surface area contributed by atoms with E-state index in [-0.39, 0.29) is 0 Å². The molecule has 0 spiro atoms. The molecule has 0 N–H and O–H groups in total. The molecule has 3 heteroatoms. The number of hydrogen-bond donors (Lipinski definition) is 0. The molecule has 5 aromatic rings. The molecule has 2 aliphatic rings. The van der Waals surface area contributed by atoms with Crippen LogP contribution in [0.5, 0.6) is 17.2 Å². The van der Waals surface area contributed by atoms with Gasteiger partial charge in [-0.15, -0.1) is 0 Å². The summed E-state index contributed by atoms with van der Waals surface area (Å²) in [5.41, 5.74) is 7.40.